The molecule has 1 unspecified atom stereocenters. The number of benzene rings is 1. The Balaban J connectivity index is 2.77. The Morgan fingerprint density at radius 2 is 2.09 bits per heavy atom. The lowest BCUT2D eigenvalue weighted by molar-refractivity contribution is -0.384. The fraction of sp³-hybridized carbons (Fsp3) is 0.500. The lowest BCUT2D eigenvalue weighted by atomic mass is 10.2. The Labute approximate surface area is 149 Å². The zero-order valence-corrected chi connectivity index (χ0v) is 14.7. The van der Waals surface area contributed by atoms with E-state index in [2.05, 4.69) is 5.32 Å². The van der Waals surface area contributed by atoms with Crippen LogP contribution in [-0.2, 0) is 4.79 Å². The highest BCUT2D eigenvalue weighted by Gasteiger charge is 2.36. The normalized spacial score (nSPS) is 12.5. The van der Waals surface area contributed by atoms with E-state index in [1.165, 1.54) is 24.3 Å². The van der Waals surface area contributed by atoms with E-state index in [0.717, 1.165) is 12.8 Å². The molecule has 0 bridgehead atoms. The first kappa shape index (κ1) is 19.8. The third-order valence-electron chi connectivity index (χ3n) is 2.88. The number of nitro groups is 1. The zero-order chi connectivity index (χ0) is 17.5. The van der Waals surface area contributed by atoms with Gasteiger partial charge in [-0.15, -0.1) is 0 Å². The smallest absolute Gasteiger partial charge is 0.273 e. The molecule has 0 radical (unpaired) electrons. The molecular formula is C14H17Cl3N2O4. The van der Waals surface area contributed by atoms with Crippen LogP contribution in [0.2, 0.25) is 0 Å². The van der Waals surface area contributed by atoms with Gasteiger partial charge in [0.15, 0.2) is 0 Å². The van der Waals surface area contributed by atoms with Gasteiger partial charge in [-0.25, -0.2) is 0 Å². The van der Waals surface area contributed by atoms with Gasteiger partial charge < -0.3 is 10.1 Å². The number of alkyl halides is 3. The van der Waals surface area contributed by atoms with Crippen LogP contribution in [0, 0.1) is 10.1 Å². The molecule has 6 nitrogen and oxygen atoms in total. The molecule has 1 N–H and O–H groups in total. The number of nitrogens with one attached hydrogen (secondary N) is 1. The lowest BCUT2D eigenvalue weighted by Crippen LogP contribution is -2.47. The van der Waals surface area contributed by atoms with Crippen molar-refractivity contribution in [1.82, 2.24) is 5.32 Å². The summed E-state index contributed by atoms with van der Waals surface area (Å²) in [5, 5.41) is 13.2. The number of hydrogen-bond acceptors (Lipinski definition) is 4. The molecule has 0 aromatic heterocycles. The third-order valence-corrected chi connectivity index (χ3v) is 3.47. The summed E-state index contributed by atoms with van der Waals surface area (Å²) in [7, 11) is 0. The van der Waals surface area contributed by atoms with Gasteiger partial charge in [0.1, 0.15) is 5.75 Å². The fourth-order valence-electron chi connectivity index (χ4n) is 1.74. The van der Waals surface area contributed by atoms with Crippen molar-refractivity contribution in [2.75, 3.05) is 0 Å². The van der Waals surface area contributed by atoms with E-state index in [4.69, 9.17) is 39.5 Å². The van der Waals surface area contributed by atoms with Gasteiger partial charge in [0.05, 0.1) is 11.0 Å². The first-order chi connectivity index (χ1) is 10.7. The van der Waals surface area contributed by atoms with Crippen LogP contribution in [0.15, 0.2) is 24.3 Å². The molecule has 23 heavy (non-hydrogen) atoms. The molecule has 1 aromatic rings. The number of hydrogen-bond donors (Lipinski definition) is 1. The lowest BCUT2D eigenvalue weighted by Gasteiger charge is -2.26. The summed E-state index contributed by atoms with van der Waals surface area (Å²) in [6, 6.07) is 5.40. The third kappa shape index (κ3) is 7.24. The number of non-ortho nitro benzene ring substituents is 1. The van der Waals surface area contributed by atoms with Crippen molar-refractivity contribution in [1.29, 1.82) is 0 Å². The van der Waals surface area contributed by atoms with Gasteiger partial charge in [0.25, 0.3) is 5.69 Å². The second-order valence-electron chi connectivity index (χ2n) is 4.82. The van der Waals surface area contributed by atoms with Gasteiger partial charge in [0.2, 0.25) is 15.9 Å². The molecule has 0 aliphatic carbocycles. The van der Waals surface area contributed by atoms with E-state index in [-0.39, 0.29) is 23.8 Å². The van der Waals surface area contributed by atoms with Crippen LogP contribution in [0.1, 0.15) is 32.6 Å². The van der Waals surface area contributed by atoms with Crippen LogP contribution in [0.3, 0.4) is 0 Å². The van der Waals surface area contributed by atoms with Crippen molar-refractivity contribution >= 4 is 46.4 Å². The minimum atomic E-state index is -1.93. The second kappa shape index (κ2) is 9.15. The maximum atomic E-state index is 11.9. The van der Waals surface area contributed by atoms with Gasteiger partial charge in [-0.05, 0) is 12.5 Å². The molecule has 0 heterocycles. The molecule has 0 spiro atoms. The number of nitrogens with zero attached hydrogens (tertiary/aromatic N) is 1. The van der Waals surface area contributed by atoms with Crippen LogP contribution in [0.25, 0.3) is 0 Å². The van der Waals surface area contributed by atoms with E-state index < -0.39 is 14.9 Å². The van der Waals surface area contributed by atoms with E-state index >= 15 is 0 Å². The van der Waals surface area contributed by atoms with Crippen LogP contribution < -0.4 is 10.1 Å². The maximum absolute atomic E-state index is 11.9. The molecule has 1 atom stereocenters. The Hall–Kier alpha value is -1.24. The SMILES string of the molecule is CCCCCC(=O)NC(Oc1cccc([N+](=O)[O-])c1)C(Cl)(Cl)Cl. The van der Waals surface area contributed by atoms with Gasteiger partial charge >= 0.3 is 0 Å². The maximum Gasteiger partial charge on any atom is 0.273 e. The van der Waals surface area contributed by atoms with Crippen LogP contribution in [0.5, 0.6) is 5.75 Å². The Bertz CT molecular complexity index is 549. The summed E-state index contributed by atoms with van der Waals surface area (Å²) in [5.41, 5.74) is -0.167. The number of carbonyl (C=O) groups excluding carboxylic acids is 1. The van der Waals surface area contributed by atoms with Crippen molar-refractivity contribution in [3.63, 3.8) is 0 Å². The minimum absolute atomic E-state index is 0.115. The predicted molar refractivity (Wildman–Crippen MR) is 90.1 cm³/mol. The molecule has 0 saturated carbocycles. The Kier molecular flexibility index (Phi) is 7.88. The molecule has 128 valence electrons. The summed E-state index contributed by atoms with van der Waals surface area (Å²) < 4.78 is 3.49. The van der Waals surface area contributed by atoms with Crippen molar-refractivity contribution in [3.8, 4) is 5.75 Å². The molecule has 0 aliphatic rings. The van der Waals surface area contributed by atoms with Crippen molar-refractivity contribution in [2.45, 2.75) is 42.6 Å². The quantitative estimate of drug-likeness (QED) is 0.238. The number of amides is 1. The summed E-state index contributed by atoms with van der Waals surface area (Å²) >= 11 is 17.4. The first-order valence-electron chi connectivity index (χ1n) is 7.01. The van der Waals surface area contributed by atoms with Gasteiger partial charge in [-0.3, -0.25) is 14.9 Å². The monoisotopic (exact) mass is 382 g/mol. The largest absolute Gasteiger partial charge is 0.466 e. The van der Waals surface area contributed by atoms with Gasteiger partial charge in [-0.1, -0.05) is 60.6 Å². The van der Waals surface area contributed by atoms with Crippen LogP contribution >= 0.6 is 34.8 Å². The summed E-state index contributed by atoms with van der Waals surface area (Å²) in [5.74, 6) is -0.204. The number of nitro benzene ring substituents is 1. The molecule has 1 rings (SSSR count). The first-order valence-corrected chi connectivity index (χ1v) is 8.14. The summed E-state index contributed by atoms with van der Waals surface area (Å²) in [6.45, 7) is 2.02. The average Bonchev–Trinajstić information content (AvgIpc) is 2.46. The standard InChI is InChI=1S/C14H17Cl3N2O4/c1-2-3-4-8-12(20)18-13(14(15,16)17)23-11-7-5-6-10(9-11)19(21)22/h5-7,9,13H,2-4,8H2,1H3,(H,18,20). The van der Waals surface area contributed by atoms with E-state index in [9.17, 15) is 14.9 Å². The molecular weight excluding hydrogens is 367 g/mol. The Morgan fingerprint density at radius 1 is 1.39 bits per heavy atom. The average molecular weight is 384 g/mol. The number of halogens is 3. The number of unbranched alkanes of at least 4 members (excludes halogenated alkanes) is 2. The molecule has 9 heteroatoms. The van der Waals surface area contributed by atoms with E-state index in [1.807, 2.05) is 6.92 Å². The molecule has 1 amide bonds. The van der Waals surface area contributed by atoms with Crippen molar-refractivity contribution < 1.29 is 14.5 Å². The molecule has 0 fully saturated rings. The van der Waals surface area contributed by atoms with Crippen molar-refractivity contribution in [3.05, 3.63) is 34.4 Å². The van der Waals surface area contributed by atoms with Crippen LogP contribution in [-0.4, -0.2) is 20.9 Å². The topological polar surface area (TPSA) is 81.5 Å². The summed E-state index contributed by atoms with van der Waals surface area (Å²) in [4.78, 5) is 22.1. The second-order valence-corrected chi connectivity index (χ2v) is 7.19. The number of rotatable bonds is 8. The van der Waals surface area contributed by atoms with Gasteiger partial charge in [-0.2, -0.15) is 0 Å². The zero-order valence-electron chi connectivity index (χ0n) is 12.4. The number of carbonyl (C=O) groups is 1. The predicted octanol–water partition coefficient (Wildman–Crippen LogP) is 4.37. The van der Waals surface area contributed by atoms with E-state index in [1.54, 1.807) is 0 Å². The van der Waals surface area contributed by atoms with Crippen LogP contribution in [0.4, 0.5) is 5.69 Å². The molecule has 0 saturated heterocycles. The highest BCUT2D eigenvalue weighted by Crippen LogP contribution is 2.32. The highest BCUT2D eigenvalue weighted by molar-refractivity contribution is 6.68. The van der Waals surface area contributed by atoms with Gasteiger partial charge in [0, 0.05) is 12.5 Å². The van der Waals surface area contributed by atoms with Crippen molar-refractivity contribution in [2.24, 2.45) is 0 Å². The summed E-state index contributed by atoms with van der Waals surface area (Å²) in [6.07, 6.45) is 1.63. The molecule has 0 aliphatic heterocycles. The highest BCUT2D eigenvalue weighted by atomic mass is 35.6. The molecule has 1 aromatic carbocycles. The van der Waals surface area contributed by atoms with E-state index in [0.29, 0.717) is 6.42 Å². The minimum Gasteiger partial charge on any atom is -0.466 e. The fourth-order valence-corrected chi connectivity index (χ4v) is 2.04. The number of ether oxygens (including phenoxy) is 1. The Morgan fingerprint density at radius 3 is 2.65 bits per heavy atom.